The molecular weight excluding hydrogens is 342 g/mol. The molecule has 0 aliphatic rings. The molecule has 1 amide bonds. The first-order valence-corrected chi connectivity index (χ1v) is 8.85. The molecule has 0 aliphatic carbocycles. The van der Waals surface area contributed by atoms with Gasteiger partial charge in [0.1, 0.15) is 0 Å². The second-order valence-corrected chi connectivity index (χ2v) is 6.23. The lowest BCUT2D eigenvalue weighted by Gasteiger charge is -2.20. The molecular formula is C21H21N3O3. The number of benzene rings is 2. The van der Waals surface area contributed by atoms with Crippen molar-refractivity contribution < 1.29 is 4.79 Å². The van der Waals surface area contributed by atoms with Crippen molar-refractivity contribution in [1.29, 1.82) is 0 Å². The van der Waals surface area contributed by atoms with Gasteiger partial charge < -0.3 is 14.9 Å². The SMILES string of the molecule is CCCN(CC=Cc1ccccc1)C(=O)c1ccc2[nH]c(=O)c(=O)[nH]c2c1. The number of aromatic nitrogens is 2. The Bertz CT molecular complexity index is 1080. The van der Waals surface area contributed by atoms with Crippen molar-refractivity contribution in [3.8, 4) is 0 Å². The van der Waals surface area contributed by atoms with E-state index in [4.69, 9.17) is 0 Å². The molecule has 6 nitrogen and oxygen atoms in total. The lowest BCUT2D eigenvalue weighted by molar-refractivity contribution is 0.0774. The summed E-state index contributed by atoms with van der Waals surface area (Å²) < 4.78 is 0. The van der Waals surface area contributed by atoms with E-state index in [1.807, 2.05) is 49.4 Å². The largest absolute Gasteiger partial charge is 0.335 e. The fourth-order valence-electron chi connectivity index (χ4n) is 2.86. The van der Waals surface area contributed by atoms with Crippen LogP contribution in [-0.2, 0) is 0 Å². The van der Waals surface area contributed by atoms with Crippen molar-refractivity contribution in [3.05, 3.63) is 86.4 Å². The fraction of sp³-hybridized carbons (Fsp3) is 0.190. The van der Waals surface area contributed by atoms with Gasteiger partial charge in [-0.25, -0.2) is 0 Å². The smallest absolute Gasteiger partial charge is 0.314 e. The van der Waals surface area contributed by atoms with Gasteiger partial charge in [-0.15, -0.1) is 0 Å². The zero-order chi connectivity index (χ0) is 19.2. The molecule has 2 N–H and O–H groups in total. The van der Waals surface area contributed by atoms with E-state index < -0.39 is 11.1 Å². The summed E-state index contributed by atoms with van der Waals surface area (Å²) in [6.45, 7) is 3.13. The summed E-state index contributed by atoms with van der Waals surface area (Å²) in [4.78, 5) is 42.6. The minimum atomic E-state index is -0.733. The van der Waals surface area contributed by atoms with Gasteiger partial charge in [-0.05, 0) is 30.2 Å². The molecule has 138 valence electrons. The van der Waals surface area contributed by atoms with E-state index in [2.05, 4.69) is 9.97 Å². The molecule has 0 saturated carbocycles. The molecule has 3 rings (SSSR count). The minimum absolute atomic E-state index is 0.122. The highest BCUT2D eigenvalue weighted by Gasteiger charge is 2.14. The van der Waals surface area contributed by atoms with Gasteiger partial charge in [-0.3, -0.25) is 14.4 Å². The molecule has 2 aromatic carbocycles. The zero-order valence-electron chi connectivity index (χ0n) is 15.1. The van der Waals surface area contributed by atoms with Gasteiger partial charge in [0.2, 0.25) is 0 Å². The molecule has 0 bridgehead atoms. The van der Waals surface area contributed by atoms with Crippen molar-refractivity contribution >= 4 is 23.0 Å². The Balaban J connectivity index is 1.82. The van der Waals surface area contributed by atoms with Crippen LogP contribution in [0.3, 0.4) is 0 Å². The number of nitrogens with zero attached hydrogens (tertiary/aromatic N) is 1. The number of hydrogen-bond donors (Lipinski definition) is 2. The van der Waals surface area contributed by atoms with Crippen LogP contribution in [0.2, 0.25) is 0 Å². The second-order valence-electron chi connectivity index (χ2n) is 6.23. The molecule has 0 aliphatic heterocycles. The van der Waals surface area contributed by atoms with Crippen LogP contribution in [0.4, 0.5) is 0 Å². The average molecular weight is 363 g/mol. The molecule has 0 fully saturated rings. The third kappa shape index (κ3) is 4.41. The van der Waals surface area contributed by atoms with Crippen molar-refractivity contribution in [2.75, 3.05) is 13.1 Å². The van der Waals surface area contributed by atoms with E-state index in [0.717, 1.165) is 12.0 Å². The molecule has 3 aromatic rings. The highest BCUT2D eigenvalue weighted by atomic mass is 16.2. The summed E-state index contributed by atoms with van der Waals surface area (Å²) in [5, 5.41) is 0. The molecule has 0 unspecified atom stereocenters. The molecule has 0 spiro atoms. The van der Waals surface area contributed by atoms with Crippen LogP contribution in [0.25, 0.3) is 17.1 Å². The normalized spacial score (nSPS) is 11.1. The second kappa shape index (κ2) is 8.31. The van der Waals surface area contributed by atoms with Gasteiger partial charge in [0, 0.05) is 18.7 Å². The number of rotatable bonds is 6. The molecule has 27 heavy (non-hydrogen) atoms. The van der Waals surface area contributed by atoms with Crippen LogP contribution in [0.5, 0.6) is 0 Å². The monoisotopic (exact) mass is 363 g/mol. The van der Waals surface area contributed by atoms with Crippen LogP contribution >= 0.6 is 0 Å². The number of H-pyrrole nitrogens is 2. The third-order valence-corrected chi connectivity index (χ3v) is 4.19. The average Bonchev–Trinajstić information content (AvgIpc) is 2.68. The molecule has 1 aromatic heterocycles. The topological polar surface area (TPSA) is 86.0 Å². The Hall–Kier alpha value is -3.41. The first-order chi connectivity index (χ1) is 13.1. The standard InChI is InChI=1S/C21H21N3O3/c1-2-12-24(13-6-9-15-7-4-3-5-8-15)21(27)16-10-11-17-18(14-16)23-20(26)19(25)22-17/h3-11,14H,2,12-13H2,1H3,(H,22,25)(H,23,26). The van der Waals surface area contributed by atoms with E-state index in [1.54, 1.807) is 23.1 Å². The Morgan fingerprint density at radius 1 is 1.00 bits per heavy atom. The predicted molar refractivity (Wildman–Crippen MR) is 107 cm³/mol. The fourth-order valence-corrected chi connectivity index (χ4v) is 2.86. The van der Waals surface area contributed by atoms with Gasteiger partial charge in [-0.1, -0.05) is 49.4 Å². The molecule has 0 saturated heterocycles. The first kappa shape index (κ1) is 18.4. The highest BCUT2D eigenvalue weighted by Crippen LogP contribution is 2.12. The highest BCUT2D eigenvalue weighted by molar-refractivity contribution is 5.97. The molecule has 0 atom stereocenters. The summed E-state index contributed by atoms with van der Waals surface area (Å²) in [6.07, 6.45) is 4.78. The van der Waals surface area contributed by atoms with E-state index in [-0.39, 0.29) is 5.91 Å². The van der Waals surface area contributed by atoms with Crippen LogP contribution in [-0.4, -0.2) is 33.9 Å². The van der Waals surface area contributed by atoms with E-state index in [1.165, 1.54) is 0 Å². The van der Waals surface area contributed by atoms with Crippen LogP contribution in [0.1, 0.15) is 29.3 Å². The number of hydrogen-bond acceptors (Lipinski definition) is 3. The van der Waals surface area contributed by atoms with Gasteiger partial charge >= 0.3 is 11.1 Å². The van der Waals surface area contributed by atoms with Crippen molar-refractivity contribution in [1.82, 2.24) is 14.9 Å². The molecule has 0 radical (unpaired) electrons. The summed E-state index contributed by atoms with van der Waals surface area (Å²) in [5.41, 5.74) is 1.02. The Morgan fingerprint density at radius 2 is 1.70 bits per heavy atom. The lowest BCUT2D eigenvalue weighted by atomic mass is 10.1. The van der Waals surface area contributed by atoms with E-state index >= 15 is 0 Å². The Morgan fingerprint density at radius 3 is 2.41 bits per heavy atom. The molecule has 6 heteroatoms. The first-order valence-electron chi connectivity index (χ1n) is 8.85. The van der Waals surface area contributed by atoms with Gasteiger partial charge in [0.25, 0.3) is 5.91 Å². The number of amides is 1. The Kier molecular flexibility index (Phi) is 5.66. The van der Waals surface area contributed by atoms with Crippen molar-refractivity contribution in [3.63, 3.8) is 0 Å². The maximum absolute atomic E-state index is 12.9. The van der Waals surface area contributed by atoms with Crippen molar-refractivity contribution in [2.45, 2.75) is 13.3 Å². The number of aromatic amines is 2. The number of fused-ring (bicyclic) bond motifs is 1. The van der Waals surface area contributed by atoms with Gasteiger partial charge in [-0.2, -0.15) is 0 Å². The van der Waals surface area contributed by atoms with E-state index in [9.17, 15) is 14.4 Å². The quantitative estimate of drug-likeness (QED) is 0.660. The minimum Gasteiger partial charge on any atom is -0.335 e. The van der Waals surface area contributed by atoms with Crippen LogP contribution < -0.4 is 11.1 Å². The molecule has 1 heterocycles. The zero-order valence-corrected chi connectivity index (χ0v) is 15.1. The van der Waals surface area contributed by atoms with Crippen LogP contribution in [0, 0.1) is 0 Å². The summed E-state index contributed by atoms with van der Waals surface area (Å²) >= 11 is 0. The van der Waals surface area contributed by atoms with Gasteiger partial charge in [0.05, 0.1) is 11.0 Å². The van der Waals surface area contributed by atoms with Crippen LogP contribution in [0.15, 0.2) is 64.2 Å². The van der Waals surface area contributed by atoms with E-state index in [0.29, 0.717) is 29.7 Å². The van der Waals surface area contributed by atoms with Crippen molar-refractivity contribution in [2.24, 2.45) is 0 Å². The third-order valence-electron chi connectivity index (χ3n) is 4.19. The number of carbonyl (C=O) groups excluding carboxylic acids is 1. The predicted octanol–water partition coefficient (Wildman–Crippen LogP) is 2.78. The summed E-state index contributed by atoms with van der Waals surface area (Å²) in [5.74, 6) is -0.122. The Labute approximate surface area is 156 Å². The lowest BCUT2D eigenvalue weighted by Crippen LogP contribution is -2.32. The summed E-state index contributed by atoms with van der Waals surface area (Å²) in [6, 6.07) is 14.8. The number of nitrogens with one attached hydrogen (secondary N) is 2. The maximum Gasteiger partial charge on any atom is 0.314 e. The van der Waals surface area contributed by atoms with Gasteiger partial charge in [0.15, 0.2) is 0 Å². The maximum atomic E-state index is 12.9. The number of carbonyl (C=O) groups is 1. The summed E-state index contributed by atoms with van der Waals surface area (Å²) in [7, 11) is 0.